The first kappa shape index (κ1) is 20.9. The standard InChI is InChI=1S/C22H17Cl2NO4S/c23-13-2-1-3-15(10-13)29-20-6-4-14(11-21(20)30-27)25-22(26)12-17-16-8-9-28-19(16)7-5-18(17)24/h1-7,10-11,27H,8-9,12H2,(H,25,26). The average Bonchev–Trinajstić information content (AvgIpc) is 3.20. The SMILES string of the molecule is O=C(Cc1c(Cl)ccc2c1CCO2)Nc1ccc(Oc2cccc(Cl)c2)c(SO)c1. The largest absolute Gasteiger partial charge is 0.493 e. The van der Waals surface area contributed by atoms with Gasteiger partial charge in [-0.2, -0.15) is 0 Å². The van der Waals surface area contributed by atoms with Crippen LogP contribution in [0, 0.1) is 0 Å². The van der Waals surface area contributed by atoms with E-state index in [1.54, 1.807) is 48.5 Å². The Bertz CT molecular complexity index is 1110. The number of fused-ring (bicyclic) bond motifs is 1. The van der Waals surface area contributed by atoms with Gasteiger partial charge >= 0.3 is 0 Å². The molecule has 3 aromatic rings. The monoisotopic (exact) mass is 461 g/mol. The molecule has 1 aliphatic rings. The van der Waals surface area contributed by atoms with Crippen molar-refractivity contribution in [3.63, 3.8) is 0 Å². The summed E-state index contributed by atoms with van der Waals surface area (Å²) in [5, 5.41) is 3.94. The molecule has 0 radical (unpaired) electrons. The zero-order chi connectivity index (χ0) is 21.1. The Morgan fingerprint density at radius 3 is 2.83 bits per heavy atom. The van der Waals surface area contributed by atoms with E-state index in [0.717, 1.165) is 23.3 Å². The lowest BCUT2D eigenvalue weighted by atomic mass is 10.0. The highest BCUT2D eigenvalue weighted by atomic mass is 35.5. The van der Waals surface area contributed by atoms with E-state index >= 15 is 0 Å². The lowest BCUT2D eigenvalue weighted by molar-refractivity contribution is -0.115. The van der Waals surface area contributed by atoms with Crippen molar-refractivity contribution in [2.45, 2.75) is 17.7 Å². The highest BCUT2D eigenvalue weighted by molar-refractivity contribution is 7.93. The van der Waals surface area contributed by atoms with E-state index in [0.29, 0.717) is 50.8 Å². The smallest absolute Gasteiger partial charge is 0.228 e. The Morgan fingerprint density at radius 2 is 2.03 bits per heavy atom. The third kappa shape index (κ3) is 4.68. The molecule has 0 fully saturated rings. The summed E-state index contributed by atoms with van der Waals surface area (Å²) in [6.07, 6.45) is 0.868. The molecule has 4 rings (SSSR count). The summed E-state index contributed by atoms with van der Waals surface area (Å²) in [7, 11) is 0. The van der Waals surface area contributed by atoms with E-state index in [9.17, 15) is 9.35 Å². The Hall–Kier alpha value is -2.38. The van der Waals surface area contributed by atoms with Crippen molar-refractivity contribution >= 4 is 46.8 Å². The Balaban J connectivity index is 1.49. The molecule has 0 saturated heterocycles. The molecule has 0 spiro atoms. The number of benzene rings is 3. The average molecular weight is 462 g/mol. The van der Waals surface area contributed by atoms with Crippen LogP contribution in [0.2, 0.25) is 10.0 Å². The fourth-order valence-electron chi connectivity index (χ4n) is 3.27. The minimum Gasteiger partial charge on any atom is -0.493 e. The van der Waals surface area contributed by atoms with Gasteiger partial charge in [-0.25, -0.2) is 0 Å². The molecular weight excluding hydrogens is 445 g/mol. The molecule has 1 aliphatic heterocycles. The first-order valence-corrected chi connectivity index (χ1v) is 10.7. The van der Waals surface area contributed by atoms with Crippen molar-refractivity contribution in [3.05, 3.63) is 75.8 Å². The minimum absolute atomic E-state index is 0.133. The van der Waals surface area contributed by atoms with Gasteiger partial charge < -0.3 is 19.3 Å². The van der Waals surface area contributed by atoms with Crippen LogP contribution >= 0.6 is 35.2 Å². The predicted octanol–water partition coefficient (Wildman–Crippen LogP) is 6.47. The summed E-state index contributed by atoms with van der Waals surface area (Å²) in [5.74, 6) is 1.56. The van der Waals surface area contributed by atoms with Gasteiger partial charge in [0.2, 0.25) is 5.91 Å². The van der Waals surface area contributed by atoms with Crippen LogP contribution in [0.25, 0.3) is 0 Å². The van der Waals surface area contributed by atoms with Gasteiger partial charge in [0.1, 0.15) is 17.2 Å². The molecule has 30 heavy (non-hydrogen) atoms. The van der Waals surface area contributed by atoms with Crippen LogP contribution in [0.15, 0.2) is 59.5 Å². The topological polar surface area (TPSA) is 67.8 Å². The van der Waals surface area contributed by atoms with Crippen LogP contribution < -0.4 is 14.8 Å². The summed E-state index contributed by atoms with van der Waals surface area (Å²) < 4.78 is 21.0. The fraction of sp³-hybridized carbons (Fsp3) is 0.136. The first-order valence-electron chi connectivity index (χ1n) is 9.15. The molecule has 0 atom stereocenters. The normalized spacial score (nSPS) is 12.2. The molecule has 0 unspecified atom stereocenters. The van der Waals surface area contributed by atoms with E-state index in [2.05, 4.69) is 5.32 Å². The third-order valence-corrected chi connectivity index (χ3v) is 5.73. The van der Waals surface area contributed by atoms with Gasteiger partial charge in [0.05, 0.1) is 17.9 Å². The molecule has 5 nitrogen and oxygen atoms in total. The van der Waals surface area contributed by atoms with Crippen LogP contribution in [0.5, 0.6) is 17.2 Å². The van der Waals surface area contributed by atoms with Crippen LogP contribution in [-0.2, 0) is 17.6 Å². The van der Waals surface area contributed by atoms with E-state index in [1.807, 2.05) is 6.07 Å². The predicted molar refractivity (Wildman–Crippen MR) is 119 cm³/mol. The number of nitrogens with one attached hydrogen (secondary N) is 1. The Morgan fingerprint density at radius 1 is 1.17 bits per heavy atom. The van der Waals surface area contributed by atoms with Gasteiger partial charge in [-0.15, -0.1) is 0 Å². The Labute approximate surface area is 188 Å². The quantitative estimate of drug-likeness (QED) is 0.411. The second-order valence-corrected chi connectivity index (χ2v) is 8.10. The second kappa shape index (κ2) is 9.18. The van der Waals surface area contributed by atoms with E-state index < -0.39 is 0 Å². The van der Waals surface area contributed by atoms with Gasteiger partial charge in [-0.1, -0.05) is 29.3 Å². The van der Waals surface area contributed by atoms with Crippen molar-refractivity contribution in [2.75, 3.05) is 11.9 Å². The molecule has 1 heterocycles. The zero-order valence-electron chi connectivity index (χ0n) is 15.7. The van der Waals surface area contributed by atoms with Crippen molar-refractivity contribution in [1.29, 1.82) is 0 Å². The van der Waals surface area contributed by atoms with Gasteiger partial charge in [0, 0.05) is 39.8 Å². The van der Waals surface area contributed by atoms with E-state index in [-0.39, 0.29) is 12.3 Å². The maximum atomic E-state index is 12.6. The number of carbonyl (C=O) groups is 1. The molecule has 8 heteroatoms. The maximum absolute atomic E-state index is 12.6. The lowest BCUT2D eigenvalue weighted by Gasteiger charge is -2.13. The van der Waals surface area contributed by atoms with Gasteiger partial charge in [-0.05, 0) is 54.1 Å². The Kier molecular flexibility index (Phi) is 6.39. The van der Waals surface area contributed by atoms with Crippen molar-refractivity contribution in [1.82, 2.24) is 0 Å². The number of halogens is 2. The zero-order valence-corrected chi connectivity index (χ0v) is 18.0. The maximum Gasteiger partial charge on any atom is 0.228 e. The number of anilines is 1. The van der Waals surface area contributed by atoms with Crippen molar-refractivity contribution in [2.24, 2.45) is 0 Å². The highest BCUT2D eigenvalue weighted by Crippen LogP contribution is 2.35. The number of carbonyl (C=O) groups excluding carboxylic acids is 1. The number of amides is 1. The minimum atomic E-state index is -0.213. The number of ether oxygens (including phenoxy) is 2. The molecule has 0 saturated carbocycles. The lowest BCUT2D eigenvalue weighted by Crippen LogP contribution is -2.15. The van der Waals surface area contributed by atoms with Crippen LogP contribution in [0.1, 0.15) is 11.1 Å². The summed E-state index contributed by atoms with van der Waals surface area (Å²) in [6.45, 7) is 0.593. The molecule has 3 aromatic carbocycles. The first-order chi connectivity index (χ1) is 14.5. The van der Waals surface area contributed by atoms with Gasteiger partial charge in [-0.3, -0.25) is 4.79 Å². The third-order valence-electron chi connectivity index (χ3n) is 4.63. The van der Waals surface area contributed by atoms with Crippen molar-refractivity contribution < 1.29 is 18.8 Å². The molecule has 0 aliphatic carbocycles. The molecule has 0 bridgehead atoms. The highest BCUT2D eigenvalue weighted by Gasteiger charge is 2.20. The molecule has 2 N–H and O–H groups in total. The van der Waals surface area contributed by atoms with Crippen molar-refractivity contribution in [3.8, 4) is 17.2 Å². The summed E-state index contributed by atoms with van der Waals surface area (Å²) >= 11 is 12.8. The van der Waals surface area contributed by atoms with E-state index in [1.165, 1.54) is 0 Å². The van der Waals surface area contributed by atoms with Crippen LogP contribution in [-0.4, -0.2) is 17.1 Å². The summed E-state index contributed by atoms with van der Waals surface area (Å²) in [6, 6.07) is 15.6. The molecular formula is C22H17Cl2NO4S. The number of hydrogen-bond donors (Lipinski definition) is 2. The van der Waals surface area contributed by atoms with Gasteiger partial charge in [0.15, 0.2) is 0 Å². The van der Waals surface area contributed by atoms with Crippen LogP contribution in [0.3, 0.4) is 0 Å². The number of hydrogen-bond acceptors (Lipinski definition) is 5. The van der Waals surface area contributed by atoms with E-state index in [4.69, 9.17) is 32.7 Å². The summed E-state index contributed by atoms with van der Waals surface area (Å²) in [4.78, 5) is 13.1. The van der Waals surface area contributed by atoms with Gasteiger partial charge in [0.25, 0.3) is 0 Å². The molecule has 154 valence electrons. The van der Waals surface area contributed by atoms with Crippen LogP contribution in [0.4, 0.5) is 5.69 Å². The number of rotatable bonds is 6. The summed E-state index contributed by atoms with van der Waals surface area (Å²) in [5.41, 5.74) is 2.30. The molecule has 0 aromatic heterocycles. The fourth-order valence-corrected chi connectivity index (χ4v) is 4.07. The molecule has 1 amide bonds. The second-order valence-electron chi connectivity index (χ2n) is 6.64.